The number of hydrogen-bond acceptors (Lipinski definition) is 5. The lowest BCUT2D eigenvalue weighted by molar-refractivity contribution is -0.131. The summed E-state index contributed by atoms with van der Waals surface area (Å²) in [6.07, 6.45) is 1.61. The topological polar surface area (TPSA) is 77.1 Å². The molecule has 0 aliphatic carbocycles. The van der Waals surface area contributed by atoms with Crippen molar-refractivity contribution in [1.29, 1.82) is 0 Å². The van der Waals surface area contributed by atoms with E-state index in [9.17, 15) is 9.59 Å². The first kappa shape index (κ1) is 20.4. The minimum atomic E-state index is -0.361. The number of morpholine rings is 1. The van der Waals surface area contributed by atoms with Crippen molar-refractivity contribution in [3.8, 4) is 11.5 Å². The van der Waals surface area contributed by atoms with Crippen molar-refractivity contribution in [2.45, 2.75) is 0 Å². The summed E-state index contributed by atoms with van der Waals surface area (Å²) in [5.74, 6) is 0.382. The fraction of sp³-hybridized carbons (Fsp3) is 0.273. The van der Waals surface area contributed by atoms with E-state index in [1.165, 1.54) is 7.11 Å². The number of hydrogen-bond donors (Lipinski definition) is 1. The van der Waals surface area contributed by atoms with Gasteiger partial charge in [0.2, 0.25) is 0 Å². The number of amides is 2. The van der Waals surface area contributed by atoms with Crippen molar-refractivity contribution < 1.29 is 23.8 Å². The molecule has 0 bridgehead atoms. The average Bonchev–Trinajstić information content (AvgIpc) is 2.79. The van der Waals surface area contributed by atoms with Crippen molar-refractivity contribution in [3.05, 3.63) is 65.4 Å². The molecular weight excluding hydrogens is 372 g/mol. The zero-order valence-electron chi connectivity index (χ0n) is 16.5. The van der Waals surface area contributed by atoms with Gasteiger partial charge in [0.1, 0.15) is 5.70 Å². The van der Waals surface area contributed by atoms with E-state index in [0.717, 1.165) is 0 Å². The zero-order valence-corrected chi connectivity index (χ0v) is 16.5. The van der Waals surface area contributed by atoms with Gasteiger partial charge < -0.3 is 24.4 Å². The lowest BCUT2D eigenvalue weighted by atomic mass is 10.1. The Morgan fingerprint density at radius 1 is 1.00 bits per heavy atom. The Hall–Kier alpha value is -3.32. The number of ether oxygens (including phenoxy) is 3. The molecule has 3 rings (SSSR count). The summed E-state index contributed by atoms with van der Waals surface area (Å²) in [6.45, 7) is 1.86. The fourth-order valence-corrected chi connectivity index (χ4v) is 3.05. The van der Waals surface area contributed by atoms with Crippen LogP contribution in [0.15, 0.2) is 54.2 Å². The minimum absolute atomic E-state index is 0.160. The molecule has 0 saturated carbocycles. The molecule has 0 atom stereocenters. The molecule has 2 amide bonds. The number of nitrogens with zero attached hydrogens (tertiary/aromatic N) is 1. The molecule has 1 saturated heterocycles. The van der Waals surface area contributed by atoms with Gasteiger partial charge in [0.25, 0.3) is 11.8 Å². The van der Waals surface area contributed by atoms with Crippen molar-refractivity contribution in [3.63, 3.8) is 0 Å². The van der Waals surface area contributed by atoms with Crippen LogP contribution in [0, 0.1) is 0 Å². The highest BCUT2D eigenvalue weighted by Crippen LogP contribution is 2.32. The lowest BCUT2D eigenvalue weighted by Gasteiger charge is -2.28. The molecule has 1 aliphatic rings. The van der Waals surface area contributed by atoms with Crippen LogP contribution in [0.25, 0.3) is 6.08 Å². The molecular formula is C22H24N2O5. The molecule has 1 fully saturated rings. The summed E-state index contributed by atoms with van der Waals surface area (Å²) in [6, 6.07) is 14.1. The Morgan fingerprint density at radius 3 is 2.38 bits per heavy atom. The number of carbonyl (C=O) groups excluding carboxylic acids is 2. The van der Waals surface area contributed by atoms with Gasteiger partial charge >= 0.3 is 0 Å². The maximum Gasteiger partial charge on any atom is 0.270 e. The number of nitrogens with one attached hydrogen (secondary N) is 1. The van der Waals surface area contributed by atoms with E-state index < -0.39 is 0 Å². The largest absolute Gasteiger partial charge is 0.493 e. The Kier molecular flexibility index (Phi) is 6.86. The van der Waals surface area contributed by atoms with E-state index in [2.05, 4.69) is 5.32 Å². The second-order valence-electron chi connectivity index (χ2n) is 6.37. The third-order valence-corrected chi connectivity index (χ3v) is 4.55. The van der Waals surface area contributed by atoms with Crippen LogP contribution in [0.2, 0.25) is 0 Å². The Morgan fingerprint density at radius 2 is 1.72 bits per heavy atom. The molecule has 1 heterocycles. The smallest absolute Gasteiger partial charge is 0.270 e. The van der Waals surface area contributed by atoms with E-state index >= 15 is 0 Å². The normalized spacial score (nSPS) is 14.3. The minimum Gasteiger partial charge on any atom is -0.493 e. The second kappa shape index (κ2) is 9.75. The van der Waals surface area contributed by atoms with Crippen LogP contribution in [0.5, 0.6) is 11.5 Å². The first-order chi connectivity index (χ1) is 14.1. The van der Waals surface area contributed by atoms with Crippen LogP contribution in [-0.2, 0) is 9.53 Å². The number of carbonyl (C=O) groups is 2. The first-order valence-corrected chi connectivity index (χ1v) is 9.30. The summed E-state index contributed by atoms with van der Waals surface area (Å²) in [5.41, 5.74) is 1.25. The summed E-state index contributed by atoms with van der Waals surface area (Å²) >= 11 is 0. The van der Waals surface area contributed by atoms with Crippen molar-refractivity contribution in [1.82, 2.24) is 10.2 Å². The summed E-state index contributed by atoms with van der Waals surface area (Å²) < 4.78 is 16.1. The molecule has 0 aromatic heterocycles. The predicted octanol–water partition coefficient (Wildman–Crippen LogP) is 2.33. The van der Waals surface area contributed by atoms with Crippen molar-refractivity contribution >= 4 is 17.9 Å². The van der Waals surface area contributed by atoms with Gasteiger partial charge in [0.05, 0.1) is 27.4 Å². The maximum absolute atomic E-state index is 13.1. The molecule has 7 heteroatoms. The Bertz CT molecular complexity index is 889. The van der Waals surface area contributed by atoms with E-state index in [0.29, 0.717) is 48.9 Å². The molecule has 29 heavy (non-hydrogen) atoms. The van der Waals surface area contributed by atoms with E-state index in [-0.39, 0.29) is 17.5 Å². The lowest BCUT2D eigenvalue weighted by Crippen LogP contribution is -2.44. The van der Waals surface area contributed by atoms with Crippen LogP contribution >= 0.6 is 0 Å². The SMILES string of the molecule is COc1cccc(/C=C(/NC(=O)c2ccccc2)C(=O)N2CCOCC2)c1OC. The summed E-state index contributed by atoms with van der Waals surface area (Å²) in [4.78, 5) is 27.5. The quantitative estimate of drug-likeness (QED) is 0.759. The van der Waals surface area contributed by atoms with Crippen LogP contribution < -0.4 is 14.8 Å². The summed E-state index contributed by atoms with van der Waals surface area (Å²) in [5, 5.41) is 2.76. The van der Waals surface area contributed by atoms with Crippen LogP contribution in [0.3, 0.4) is 0 Å². The van der Waals surface area contributed by atoms with E-state index in [1.54, 1.807) is 60.6 Å². The fourth-order valence-electron chi connectivity index (χ4n) is 3.05. The monoisotopic (exact) mass is 396 g/mol. The highest BCUT2D eigenvalue weighted by molar-refractivity contribution is 6.05. The predicted molar refractivity (Wildman–Crippen MR) is 109 cm³/mol. The Balaban J connectivity index is 1.97. The number of rotatable bonds is 6. The second-order valence-corrected chi connectivity index (χ2v) is 6.37. The van der Waals surface area contributed by atoms with Gasteiger partial charge in [0, 0.05) is 24.2 Å². The standard InChI is InChI=1S/C22H24N2O5/c1-27-19-10-6-9-17(20(19)28-2)15-18(22(26)24-11-13-29-14-12-24)23-21(25)16-7-4-3-5-8-16/h3-10,15H,11-14H2,1-2H3,(H,23,25)/b18-15+. The van der Waals surface area contributed by atoms with E-state index in [4.69, 9.17) is 14.2 Å². The zero-order chi connectivity index (χ0) is 20.6. The first-order valence-electron chi connectivity index (χ1n) is 9.30. The molecule has 0 unspecified atom stereocenters. The maximum atomic E-state index is 13.1. The average molecular weight is 396 g/mol. The van der Waals surface area contributed by atoms with Gasteiger partial charge in [-0.15, -0.1) is 0 Å². The van der Waals surface area contributed by atoms with Gasteiger partial charge in [-0.3, -0.25) is 9.59 Å². The van der Waals surface area contributed by atoms with Crippen LogP contribution in [0.4, 0.5) is 0 Å². The molecule has 2 aromatic carbocycles. The highest BCUT2D eigenvalue weighted by Gasteiger charge is 2.23. The number of benzene rings is 2. The molecule has 152 valence electrons. The molecule has 2 aromatic rings. The van der Waals surface area contributed by atoms with Gasteiger partial charge in [-0.1, -0.05) is 30.3 Å². The van der Waals surface area contributed by atoms with Crippen LogP contribution in [-0.4, -0.2) is 57.2 Å². The molecule has 0 spiro atoms. The number of para-hydroxylation sites is 1. The van der Waals surface area contributed by atoms with Gasteiger partial charge in [-0.05, 0) is 24.3 Å². The van der Waals surface area contributed by atoms with Crippen molar-refractivity contribution in [2.24, 2.45) is 0 Å². The molecule has 1 aliphatic heterocycles. The van der Waals surface area contributed by atoms with E-state index in [1.807, 2.05) is 6.07 Å². The number of methoxy groups -OCH3 is 2. The third kappa shape index (κ3) is 4.94. The highest BCUT2D eigenvalue weighted by atomic mass is 16.5. The van der Waals surface area contributed by atoms with Crippen LogP contribution in [0.1, 0.15) is 15.9 Å². The summed E-state index contributed by atoms with van der Waals surface area (Å²) in [7, 11) is 3.07. The molecule has 0 radical (unpaired) electrons. The van der Waals surface area contributed by atoms with Gasteiger partial charge in [0.15, 0.2) is 11.5 Å². The molecule has 1 N–H and O–H groups in total. The van der Waals surface area contributed by atoms with Crippen molar-refractivity contribution in [2.75, 3.05) is 40.5 Å². The molecule has 7 nitrogen and oxygen atoms in total. The van der Waals surface area contributed by atoms with Gasteiger partial charge in [-0.2, -0.15) is 0 Å². The third-order valence-electron chi connectivity index (χ3n) is 4.55. The Labute approximate surface area is 169 Å². The van der Waals surface area contributed by atoms with Gasteiger partial charge in [-0.25, -0.2) is 0 Å².